The van der Waals surface area contributed by atoms with Crippen molar-refractivity contribution in [3.05, 3.63) is 187 Å². The first-order valence-electron chi connectivity index (χ1n) is 18.6. The molecule has 0 saturated carbocycles. The van der Waals surface area contributed by atoms with Crippen LogP contribution in [0, 0.1) is 13.8 Å². The summed E-state index contributed by atoms with van der Waals surface area (Å²) in [6.07, 6.45) is 1.02. The number of aliphatic imine (C=N–C) groups is 1. The molecule has 0 bridgehead atoms. The van der Waals surface area contributed by atoms with Crippen LogP contribution in [0.3, 0.4) is 0 Å². The number of nitrogens with zero attached hydrogens (tertiary/aromatic N) is 1. The van der Waals surface area contributed by atoms with Gasteiger partial charge in [0.2, 0.25) is 0 Å². The number of fused-ring (bicyclic) bond motifs is 5. The monoisotopic (exact) mass is 681 g/mol. The van der Waals surface area contributed by atoms with Gasteiger partial charge in [-0.25, -0.2) is 0 Å². The molecule has 0 aliphatic heterocycles. The van der Waals surface area contributed by atoms with Gasteiger partial charge in [0.15, 0.2) is 0 Å². The maximum absolute atomic E-state index is 4.49. The Balaban J connectivity index is 0.000000286. The molecule has 0 aromatic heterocycles. The molecule has 0 unspecified atom stereocenters. The van der Waals surface area contributed by atoms with Crippen molar-refractivity contribution >= 4 is 54.5 Å². The Morgan fingerprint density at radius 2 is 0.943 bits per heavy atom. The third kappa shape index (κ3) is 6.63. The van der Waals surface area contributed by atoms with E-state index in [0.717, 1.165) is 12.1 Å². The summed E-state index contributed by atoms with van der Waals surface area (Å²) in [5.41, 5.74) is 12.4. The van der Waals surface area contributed by atoms with E-state index in [-0.39, 0.29) is 0 Å². The smallest absolute Gasteiger partial charge is 0.0658 e. The van der Waals surface area contributed by atoms with Crippen LogP contribution >= 0.6 is 0 Å². The molecule has 0 spiro atoms. The van der Waals surface area contributed by atoms with Gasteiger partial charge in [0.25, 0.3) is 0 Å². The highest BCUT2D eigenvalue weighted by atomic mass is 14.7. The molecule has 53 heavy (non-hydrogen) atoms. The minimum Gasteiger partial charge on any atom is -0.258 e. The van der Waals surface area contributed by atoms with Gasteiger partial charge in [-0.3, -0.25) is 4.99 Å². The van der Waals surface area contributed by atoms with Crippen LogP contribution in [0.15, 0.2) is 181 Å². The van der Waals surface area contributed by atoms with Gasteiger partial charge in [-0.1, -0.05) is 170 Å². The van der Waals surface area contributed by atoms with E-state index in [1.165, 1.54) is 93.3 Å². The van der Waals surface area contributed by atoms with Crippen LogP contribution in [0.1, 0.15) is 31.4 Å². The van der Waals surface area contributed by atoms with Crippen LogP contribution < -0.4 is 0 Å². The molecule has 1 heteroatoms. The Bertz CT molecular complexity index is 2710. The van der Waals surface area contributed by atoms with E-state index in [1.807, 2.05) is 12.1 Å². The largest absolute Gasteiger partial charge is 0.258 e. The van der Waals surface area contributed by atoms with Crippen molar-refractivity contribution in [2.45, 2.75) is 34.1 Å². The standard InChI is InChI=1S/C41H28.C11H15N/c1-27-19-21-29(22-20-27)40-34-15-7-9-17-36(34)41(37-18-10-8-16-35(37)40)31-24-23-30-25-38(28-11-3-2-4-12-28)32-13-5-6-14-33(32)39(30)26-31;1-4-10(3)12-11-8-6-5-7-9(11)2/h2-26H,1H3;5-8H,4H2,1-3H3. The van der Waals surface area contributed by atoms with Gasteiger partial charge in [0.1, 0.15) is 0 Å². The average Bonchev–Trinajstić information content (AvgIpc) is 3.21. The number of hydrogen-bond donors (Lipinski definition) is 0. The lowest BCUT2D eigenvalue weighted by molar-refractivity contribution is 1.24. The minimum atomic E-state index is 1.02. The fraction of sp³-hybridized carbons (Fsp3) is 0.0962. The molecule has 0 atom stereocenters. The van der Waals surface area contributed by atoms with E-state index in [0.29, 0.717) is 0 Å². The van der Waals surface area contributed by atoms with Crippen molar-refractivity contribution in [3.8, 4) is 33.4 Å². The summed E-state index contributed by atoms with van der Waals surface area (Å²) in [4.78, 5) is 4.49. The summed E-state index contributed by atoms with van der Waals surface area (Å²) < 4.78 is 0. The zero-order chi connectivity index (χ0) is 36.3. The van der Waals surface area contributed by atoms with Crippen LogP contribution in [0.2, 0.25) is 0 Å². The molecule has 0 fully saturated rings. The Labute approximate surface area is 312 Å². The van der Waals surface area contributed by atoms with Gasteiger partial charge >= 0.3 is 0 Å². The lowest BCUT2D eigenvalue weighted by Gasteiger charge is -2.18. The maximum atomic E-state index is 4.49. The molecule has 0 aliphatic carbocycles. The Morgan fingerprint density at radius 1 is 0.434 bits per heavy atom. The van der Waals surface area contributed by atoms with Gasteiger partial charge in [-0.05, 0) is 127 Å². The first-order valence-corrected chi connectivity index (χ1v) is 18.6. The number of para-hydroxylation sites is 1. The van der Waals surface area contributed by atoms with Gasteiger partial charge in [-0.15, -0.1) is 0 Å². The quantitative estimate of drug-likeness (QED) is 0.0974. The highest BCUT2D eigenvalue weighted by molar-refractivity contribution is 6.22. The Kier molecular flexibility index (Phi) is 9.40. The van der Waals surface area contributed by atoms with Crippen LogP contribution in [0.5, 0.6) is 0 Å². The predicted molar refractivity (Wildman–Crippen MR) is 232 cm³/mol. The molecule has 0 N–H and O–H groups in total. The molecule has 256 valence electrons. The Morgan fingerprint density at radius 3 is 1.55 bits per heavy atom. The van der Waals surface area contributed by atoms with Crippen LogP contribution in [-0.4, -0.2) is 5.71 Å². The molecule has 0 aliphatic rings. The Hall–Kier alpha value is -6.31. The summed E-state index contributed by atoms with van der Waals surface area (Å²) in [5.74, 6) is 0. The van der Waals surface area contributed by atoms with Crippen molar-refractivity contribution < 1.29 is 0 Å². The van der Waals surface area contributed by atoms with E-state index in [9.17, 15) is 0 Å². The van der Waals surface area contributed by atoms with E-state index < -0.39 is 0 Å². The fourth-order valence-corrected chi connectivity index (χ4v) is 7.56. The molecular weight excluding hydrogens is 639 g/mol. The second-order valence-electron chi connectivity index (χ2n) is 14.0. The molecule has 9 aromatic rings. The molecule has 1 nitrogen and oxygen atoms in total. The first-order chi connectivity index (χ1) is 26.0. The van der Waals surface area contributed by atoms with E-state index in [2.05, 4.69) is 196 Å². The molecule has 0 saturated heterocycles. The lowest BCUT2D eigenvalue weighted by atomic mass is 9.85. The maximum Gasteiger partial charge on any atom is 0.0658 e. The van der Waals surface area contributed by atoms with Gasteiger partial charge in [-0.2, -0.15) is 0 Å². The van der Waals surface area contributed by atoms with E-state index in [1.54, 1.807) is 0 Å². The molecule has 0 amide bonds. The summed E-state index contributed by atoms with van der Waals surface area (Å²) >= 11 is 0. The van der Waals surface area contributed by atoms with Crippen LogP contribution in [-0.2, 0) is 0 Å². The molecule has 9 aromatic carbocycles. The third-order valence-corrected chi connectivity index (χ3v) is 10.4. The second kappa shape index (κ2) is 14.7. The van der Waals surface area contributed by atoms with E-state index in [4.69, 9.17) is 0 Å². The summed E-state index contributed by atoms with van der Waals surface area (Å²) in [6, 6.07) is 63.9. The highest BCUT2D eigenvalue weighted by Crippen LogP contribution is 2.45. The summed E-state index contributed by atoms with van der Waals surface area (Å²) in [5, 5.41) is 10.3. The molecule has 0 radical (unpaired) electrons. The van der Waals surface area contributed by atoms with Crippen molar-refractivity contribution in [1.82, 2.24) is 0 Å². The van der Waals surface area contributed by atoms with Crippen LogP contribution in [0.25, 0.3) is 76.5 Å². The van der Waals surface area contributed by atoms with Gasteiger partial charge in [0.05, 0.1) is 5.69 Å². The van der Waals surface area contributed by atoms with Crippen molar-refractivity contribution in [2.24, 2.45) is 4.99 Å². The fourth-order valence-electron chi connectivity index (χ4n) is 7.56. The van der Waals surface area contributed by atoms with Crippen molar-refractivity contribution in [1.29, 1.82) is 0 Å². The van der Waals surface area contributed by atoms with E-state index >= 15 is 0 Å². The molecule has 0 heterocycles. The zero-order valence-electron chi connectivity index (χ0n) is 30.9. The van der Waals surface area contributed by atoms with Gasteiger partial charge in [0, 0.05) is 5.71 Å². The summed E-state index contributed by atoms with van der Waals surface area (Å²) in [6.45, 7) is 8.42. The average molecular weight is 682 g/mol. The van der Waals surface area contributed by atoms with Crippen LogP contribution in [0.4, 0.5) is 5.69 Å². The molecule has 9 rings (SSSR count). The SMILES string of the molecule is CCC(C)=Nc1ccccc1C.Cc1ccc(-c2c3ccccc3c(-c3ccc4cc(-c5ccccc5)c5ccccc5c4c3)c3ccccc23)cc1. The van der Waals surface area contributed by atoms with Crippen molar-refractivity contribution in [3.63, 3.8) is 0 Å². The predicted octanol–water partition coefficient (Wildman–Crippen LogP) is 15.1. The molecular formula is C52H43N. The number of aryl methyl sites for hydroxylation is 2. The first kappa shape index (κ1) is 33.8. The lowest BCUT2D eigenvalue weighted by Crippen LogP contribution is -1.91. The number of hydrogen-bond acceptors (Lipinski definition) is 1. The van der Waals surface area contributed by atoms with Gasteiger partial charge < -0.3 is 0 Å². The topological polar surface area (TPSA) is 12.4 Å². The third-order valence-electron chi connectivity index (χ3n) is 10.4. The second-order valence-corrected chi connectivity index (χ2v) is 14.0. The zero-order valence-corrected chi connectivity index (χ0v) is 30.9. The number of rotatable bonds is 5. The number of benzene rings is 9. The minimum absolute atomic E-state index is 1.02. The highest BCUT2D eigenvalue weighted by Gasteiger charge is 2.17. The summed E-state index contributed by atoms with van der Waals surface area (Å²) in [7, 11) is 0. The normalized spacial score (nSPS) is 11.6. The van der Waals surface area contributed by atoms with Crippen molar-refractivity contribution in [2.75, 3.05) is 0 Å².